The fourth-order valence-electron chi connectivity index (χ4n) is 0.953. The highest BCUT2D eigenvalue weighted by Crippen LogP contribution is 2.17. The number of hydrogen-bond donors (Lipinski definition) is 0. The van der Waals surface area contributed by atoms with Crippen LogP contribution in [0.4, 0.5) is 13.2 Å². The summed E-state index contributed by atoms with van der Waals surface area (Å²) in [5, 5.41) is 0. The van der Waals surface area contributed by atoms with Crippen LogP contribution in [0.3, 0.4) is 0 Å². The van der Waals surface area contributed by atoms with Crippen molar-refractivity contribution in [2.24, 2.45) is 0 Å². The van der Waals surface area contributed by atoms with Crippen molar-refractivity contribution in [1.82, 2.24) is 4.90 Å². The fourth-order valence-corrected chi connectivity index (χ4v) is 0.953. The van der Waals surface area contributed by atoms with Gasteiger partial charge in [0.2, 0.25) is 0 Å². The van der Waals surface area contributed by atoms with Gasteiger partial charge in [-0.3, -0.25) is 4.79 Å². The second-order valence-corrected chi connectivity index (χ2v) is 3.42. The van der Waals surface area contributed by atoms with E-state index in [4.69, 9.17) is 0 Å². The second-order valence-electron chi connectivity index (χ2n) is 3.42. The Hall–Kier alpha value is -1.00. The molecular formula is C10H16F3NO. The van der Waals surface area contributed by atoms with Gasteiger partial charge < -0.3 is 4.90 Å². The number of alkyl halides is 3. The van der Waals surface area contributed by atoms with Gasteiger partial charge in [0.15, 0.2) is 0 Å². The molecule has 5 heteroatoms. The van der Waals surface area contributed by atoms with Gasteiger partial charge in [-0.1, -0.05) is 13.3 Å². The number of halogens is 3. The molecule has 0 fully saturated rings. The molecule has 0 aromatic carbocycles. The first-order valence-electron chi connectivity index (χ1n) is 4.79. The summed E-state index contributed by atoms with van der Waals surface area (Å²) in [4.78, 5) is 12.3. The molecule has 0 amide bonds. The maximum absolute atomic E-state index is 11.9. The van der Waals surface area contributed by atoms with Gasteiger partial charge in [0, 0.05) is 25.4 Å². The highest BCUT2D eigenvalue weighted by atomic mass is 19.4. The van der Waals surface area contributed by atoms with E-state index < -0.39 is 12.0 Å². The van der Waals surface area contributed by atoms with Crippen LogP contribution in [0.15, 0.2) is 11.8 Å². The van der Waals surface area contributed by atoms with E-state index in [0.29, 0.717) is 18.3 Å². The van der Waals surface area contributed by atoms with Crippen LogP contribution in [0.5, 0.6) is 0 Å². The lowest BCUT2D eigenvalue weighted by molar-refractivity contribution is -0.165. The van der Waals surface area contributed by atoms with Crippen LogP contribution in [0.1, 0.15) is 26.7 Å². The molecule has 0 saturated carbocycles. The van der Waals surface area contributed by atoms with Crippen LogP contribution < -0.4 is 0 Å². The van der Waals surface area contributed by atoms with Crippen LogP contribution >= 0.6 is 0 Å². The molecule has 0 spiro atoms. The summed E-state index contributed by atoms with van der Waals surface area (Å²) in [5.41, 5.74) is 0.339. The van der Waals surface area contributed by atoms with Crippen LogP contribution in [0.2, 0.25) is 0 Å². The maximum atomic E-state index is 11.9. The minimum atomic E-state index is -4.77. The van der Waals surface area contributed by atoms with Crippen molar-refractivity contribution < 1.29 is 18.0 Å². The summed E-state index contributed by atoms with van der Waals surface area (Å²) in [7, 11) is 1.67. The number of carbonyl (C=O) groups is 1. The van der Waals surface area contributed by atoms with Crippen LogP contribution in [0.25, 0.3) is 0 Å². The SMILES string of the molecule is CCCCN(C)/C(C)=C/C(=O)C(F)(F)F. The Bertz CT molecular complexity index is 246. The first kappa shape index (κ1) is 14.0. The van der Waals surface area contributed by atoms with Gasteiger partial charge >= 0.3 is 6.18 Å². The van der Waals surface area contributed by atoms with Crippen molar-refractivity contribution in [2.45, 2.75) is 32.9 Å². The van der Waals surface area contributed by atoms with Crippen molar-refractivity contribution in [1.29, 1.82) is 0 Å². The Kier molecular flexibility index (Phi) is 5.39. The predicted molar refractivity (Wildman–Crippen MR) is 52.4 cm³/mol. The third-order valence-corrected chi connectivity index (χ3v) is 2.07. The number of allylic oxidation sites excluding steroid dienone is 2. The predicted octanol–water partition coefficient (Wildman–Crippen LogP) is 2.75. The first-order chi connectivity index (χ1) is 6.79. The van der Waals surface area contributed by atoms with Gasteiger partial charge in [-0.15, -0.1) is 0 Å². The number of rotatable bonds is 5. The largest absolute Gasteiger partial charge is 0.454 e. The summed E-state index contributed by atoms with van der Waals surface area (Å²) < 4.78 is 35.7. The summed E-state index contributed by atoms with van der Waals surface area (Å²) >= 11 is 0. The number of unbranched alkanes of at least 4 members (excludes halogenated alkanes) is 1. The zero-order valence-electron chi connectivity index (χ0n) is 9.19. The van der Waals surface area contributed by atoms with E-state index in [0.717, 1.165) is 12.8 Å². The molecule has 0 aliphatic rings. The Balaban J connectivity index is 4.36. The van der Waals surface area contributed by atoms with E-state index in [1.54, 1.807) is 11.9 Å². The molecule has 0 rings (SSSR count). The summed E-state index contributed by atoms with van der Waals surface area (Å²) in [6.45, 7) is 4.15. The maximum Gasteiger partial charge on any atom is 0.454 e. The van der Waals surface area contributed by atoms with Crippen molar-refractivity contribution >= 4 is 5.78 Å². The average molecular weight is 223 g/mol. The van der Waals surface area contributed by atoms with E-state index in [-0.39, 0.29) is 0 Å². The Morgan fingerprint density at radius 1 is 1.40 bits per heavy atom. The highest BCUT2D eigenvalue weighted by molar-refractivity contribution is 5.94. The van der Waals surface area contributed by atoms with E-state index in [9.17, 15) is 18.0 Å². The van der Waals surface area contributed by atoms with Gasteiger partial charge in [0.05, 0.1) is 0 Å². The molecule has 0 atom stereocenters. The van der Waals surface area contributed by atoms with Crippen molar-refractivity contribution in [3.05, 3.63) is 11.8 Å². The molecule has 2 nitrogen and oxygen atoms in total. The van der Waals surface area contributed by atoms with E-state index in [1.165, 1.54) is 6.92 Å². The number of hydrogen-bond acceptors (Lipinski definition) is 2. The minimum absolute atomic E-state index is 0.339. The topological polar surface area (TPSA) is 20.3 Å². The van der Waals surface area contributed by atoms with Crippen LogP contribution in [0, 0.1) is 0 Å². The smallest absolute Gasteiger partial charge is 0.378 e. The second kappa shape index (κ2) is 5.78. The summed E-state index contributed by atoms with van der Waals surface area (Å²) in [6, 6.07) is 0. The van der Waals surface area contributed by atoms with Gasteiger partial charge in [-0.2, -0.15) is 13.2 Å². The molecule has 88 valence electrons. The zero-order chi connectivity index (χ0) is 12.1. The van der Waals surface area contributed by atoms with Crippen LogP contribution in [-0.4, -0.2) is 30.5 Å². The normalized spacial score (nSPS) is 12.8. The molecule has 0 bridgehead atoms. The molecule has 15 heavy (non-hydrogen) atoms. The van der Waals surface area contributed by atoms with Crippen molar-refractivity contribution in [3.63, 3.8) is 0 Å². The number of carbonyl (C=O) groups excluding carboxylic acids is 1. The molecule has 0 heterocycles. The van der Waals surface area contributed by atoms with Gasteiger partial charge in [0.1, 0.15) is 0 Å². The zero-order valence-corrected chi connectivity index (χ0v) is 9.19. The lowest BCUT2D eigenvalue weighted by Crippen LogP contribution is -2.24. The quantitative estimate of drug-likeness (QED) is 0.668. The molecule has 0 radical (unpaired) electrons. The molecule has 0 aromatic rings. The average Bonchev–Trinajstić information content (AvgIpc) is 2.12. The first-order valence-corrected chi connectivity index (χ1v) is 4.79. The Labute approximate surface area is 87.8 Å². The highest BCUT2D eigenvalue weighted by Gasteiger charge is 2.36. The van der Waals surface area contributed by atoms with Crippen molar-refractivity contribution in [2.75, 3.05) is 13.6 Å². The molecule has 0 unspecified atom stereocenters. The molecule has 0 aliphatic heterocycles. The van der Waals surface area contributed by atoms with Gasteiger partial charge in [-0.25, -0.2) is 0 Å². The number of ketones is 1. The summed E-state index contributed by atoms with van der Waals surface area (Å²) in [6.07, 6.45) is -2.28. The van der Waals surface area contributed by atoms with E-state index >= 15 is 0 Å². The lowest BCUT2D eigenvalue weighted by atomic mass is 10.2. The van der Waals surface area contributed by atoms with Crippen molar-refractivity contribution in [3.8, 4) is 0 Å². The minimum Gasteiger partial charge on any atom is -0.378 e. The summed E-state index contributed by atoms with van der Waals surface area (Å²) in [5.74, 6) is -1.80. The number of nitrogens with zero attached hydrogens (tertiary/aromatic N) is 1. The van der Waals surface area contributed by atoms with Gasteiger partial charge in [0.25, 0.3) is 5.78 Å². The molecule has 0 saturated heterocycles. The molecule has 0 aliphatic carbocycles. The third kappa shape index (κ3) is 5.44. The van der Waals surface area contributed by atoms with Crippen LogP contribution in [-0.2, 0) is 4.79 Å². The lowest BCUT2D eigenvalue weighted by Gasteiger charge is -2.19. The monoisotopic (exact) mass is 223 g/mol. The Morgan fingerprint density at radius 2 is 1.93 bits per heavy atom. The molecular weight excluding hydrogens is 207 g/mol. The third-order valence-electron chi connectivity index (χ3n) is 2.07. The van der Waals surface area contributed by atoms with Gasteiger partial charge in [-0.05, 0) is 13.3 Å². The fraction of sp³-hybridized carbons (Fsp3) is 0.700. The Morgan fingerprint density at radius 3 is 2.33 bits per heavy atom. The standard InChI is InChI=1S/C10H16F3NO/c1-4-5-6-14(3)8(2)7-9(15)10(11,12)13/h7H,4-6H2,1-3H3/b8-7+. The molecule has 0 N–H and O–H groups in total. The van der Waals surface area contributed by atoms with E-state index in [2.05, 4.69) is 0 Å². The molecule has 0 aromatic heterocycles. The van der Waals surface area contributed by atoms with E-state index in [1.807, 2.05) is 6.92 Å².